The number of benzene rings is 2. The van der Waals surface area contributed by atoms with Gasteiger partial charge >= 0.3 is 12.3 Å². The lowest BCUT2D eigenvalue weighted by Gasteiger charge is -2.31. The van der Waals surface area contributed by atoms with Crippen LogP contribution in [0.4, 0.5) is 22.4 Å². The molecule has 1 fully saturated rings. The van der Waals surface area contributed by atoms with E-state index in [1.54, 1.807) is 24.5 Å². The van der Waals surface area contributed by atoms with Crippen molar-refractivity contribution in [3.63, 3.8) is 0 Å². The second-order valence-corrected chi connectivity index (χ2v) is 9.56. The number of pyridine rings is 1. The summed E-state index contributed by atoms with van der Waals surface area (Å²) < 4.78 is 59.7. The summed E-state index contributed by atoms with van der Waals surface area (Å²) in [6.45, 7) is -0.616. The summed E-state index contributed by atoms with van der Waals surface area (Å²) in [5, 5.41) is 0. The zero-order valence-electron chi connectivity index (χ0n) is 20.7. The van der Waals surface area contributed by atoms with Gasteiger partial charge in [0.15, 0.2) is 0 Å². The van der Waals surface area contributed by atoms with Gasteiger partial charge in [0.2, 0.25) is 11.5 Å². The number of aryl methyl sites for hydroxylation is 1. The maximum Gasteiger partial charge on any atom is 0.418 e. The molecule has 1 aliphatic carbocycles. The number of halogens is 4. The lowest BCUT2D eigenvalue weighted by Crippen LogP contribution is -2.51. The molecule has 1 saturated heterocycles. The van der Waals surface area contributed by atoms with Crippen molar-refractivity contribution in [2.24, 2.45) is 0 Å². The smallest absolute Gasteiger partial charge is 0.418 e. The molecule has 0 N–H and O–H groups in total. The molecule has 2 aliphatic rings. The Hall–Kier alpha value is -4.28. The Morgan fingerprint density at radius 3 is 2.44 bits per heavy atom. The van der Waals surface area contributed by atoms with Crippen molar-refractivity contribution in [1.29, 1.82) is 0 Å². The lowest BCUT2D eigenvalue weighted by atomic mass is 9.93. The number of hydrogen-bond acceptors (Lipinski definition) is 5. The van der Waals surface area contributed by atoms with Gasteiger partial charge in [0.05, 0.1) is 0 Å². The third kappa shape index (κ3) is 4.84. The van der Waals surface area contributed by atoms with E-state index in [1.165, 1.54) is 12.1 Å². The number of alkyl halides is 3. The molecule has 11 heteroatoms. The summed E-state index contributed by atoms with van der Waals surface area (Å²) in [6.07, 6.45) is -1.99. The van der Waals surface area contributed by atoms with Crippen LogP contribution >= 0.6 is 0 Å². The lowest BCUT2D eigenvalue weighted by molar-refractivity contribution is -0.187. The van der Waals surface area contributed by atoms with Crippen LogP contribution in [0.2, 0.25) is 0 Å². The zero-order chi connectivity index (χ0) is 27.9. The highest BCUT2D eigenvalue weighted by atomic mass is 19.4. The minimum Gasteiger partial charge on any atom is -0.427 e. The standard InChI is InChI=1S/C28H23F4N3O4/c1-17(28(30,31)32)34(15-18-2-5-22(29)6-3-18)24(36)16-35-25(37)27(39-26(35)38)11-8-21-14-20(4-7-23(21)27)19-9-12-33-13-10-19/h2-7,9-10,12-14,17H,8,11,15-16H2,1H3/t17-,27-/m0/s1. The number of carbonyl (C=O) groups is 3. The van der Waals surface area contributed by atoms with Crippen LogP contribution in [0.5, 0.6) is 0 Å². The molecule has 3 amide bonds. The van der Waals surface area contributed by atoms with E-state index < -0.39 is 54.6 Å². The Labute approximate surface area is 221 Å². The monoisotopic (exact) mass is 541 g/mol. The first-order valence-electron chi connectivity index (χ1n) is 12.2. The van der Waals surface area contributed by atoms with Gasteiger partial charge in [-0.2, -0.15) is 13.2 Å². The molecule has 7 nitrogen and oxygen atoms in total. The number of hydrogen-bond donors (Lipinski definition) is 0. The quantitative estimate of drug-likeness (QED) is 0.411. The van der Waals surface area contributed by atoms with Crippen molar-refractivity contribution in [2.45, 2.75) is 44.1 Å². The molecular formula is C28H23F4N3O4. The Bertz CT molecular complexity index is 1430. The second kappa shape index (κ2) is 9.79. The normalized spacial score (nSPS) is 19.3. The fourth-order valence-electron chi connectivity index (χ4n) is 5.01. The average Bonchev–Trinajstić information content (AvgIpc) is 3.39. The van der Waals surface area contributed by atoms with Crippen LogP contribution in [0.1, 0.15) is 30.0 Å². The molecule has 2 atom stereocenters. The van der Waals surface area contributed by atoms with E-state index in [2.05, 4.69) is 4.98 Å². The highest BCUT2D eigenvalue weighted by molar-refractivity contribution is 6.06. The van der Waals surface area contributed by atoms with Crippen LogP contribution in [-0.4, -0.2) is 51.5 Å². The number of nitrogens with zero attached hydrogens (tertiary/aromatic N) is 3. The first kappa shape index (κ1) is 26.3. The predicted octanol–water partition coefficient (Wildman–Crippen LogP) is 4.99. The topological polar surface area (TPSA) is 79.8 Å². The number of carbonyl (C=O) groups excluding carboxylic acids is 3. The van der Waals surface area contributed by atoms with Gasteiger partial charge in [-0.05, 0) is 59.9 Å². The Morgan fingerprint density at radius 1 is 1.08 bits per heavy atom. The van der Waals surface area contributed by atoms with Gasteiger partial charge < -0.3 is 9.64 Å². The first-order chi connectivity index (χ1) is 18.5. The van der Waals surface area contributed by atoms with Crippen LogP contribution < -0.4 is 0 Å². The molecule has 1 spiro atoms. The SMILES string of the molecule is C[C@H](N(Cc1ccc(F)cc1)C(=O)CN1C(=O)O[C@]2(CCc3cc(-c4ccncc4)ccc32)C1=O)C(F)(F)F. The van der Waals surface area contributed by atoms with Crippen molar-refractivity contribution in [1.82, 2.24) is 14.8 Å². The number of rotatable bonds is 6. The van der Waals surface area contributed by atoms with E-state index in [0.717, 1.165) is 35.7 Å². The number of imide groups is 1. The van der Waals surface area contributed by atoms with Crippen LogP contribution in [0, 0.1) is 5.82 Å². The largest absolute Gasteiger partial charge is 0.427 e. The summed E-state index contributed by atoms with van der Waals surface area (Å²) >= 11 is 0. The molecule has 2 aromatic carbocycles. The maximum absolute atomic E-state index is 13.6. The molecule has 0 bridgehead atoms. The van der Waals surface area contributed by atoms with E-state index >= 15 is 0 Å². The molecule has 202 valence electrons. The Morgan fingerprint density at radius 2 is 1.77 bits per heavy atom. The van der Waals surface area contributed by atoms with Crippen molar-refractivity contribution in [3.05, 3.63) is 89.5 Å². The summed E-state index contributed by atoms with van der Waals surface area (Å²) in [4.78, 5) is 44.5. The molecule has 0 saturated carbocycles. The third-order valence-corrected chi connectivity index (χ3v) is 7.19. The van der Waals surface area contributed by atoms with Gasteiger partial charge in [-0.1, -0.05) is 30.3 Å². The fraction of sp³-hybridized carbons (Fsp3) is 0.286. The zero-order valence-corrected chi connectivity index (χ0v) is 20.7. The van der Waals surface area contributed by atoms with Gasteiger partial charge in [0, 0.05) is 30.9 Å². The number of ether oxygens (including phenoxy) is 1. The Balaban J connectivity index is 1.39. The summed E-state index contributed by atoms with van der Waals surface area (Å²) in [6, 6.07) is 11.5. The molecule has 0 unspecified atom stereocenters. The van der Waals surface area contributed by atoms with E-state index in [0.29, 0.717) is 21.8 Å². The van der Waals surface area contributed by atoms with E-state index in [-0.39, 0.29) is 12.0 Å². The summed E-state index contributed by atoms with van der Waals surface area (Å²) in [5.41, 5.74) is 1.69. The summed E-state index contributed by atoms with van der Waals surface area (Å²) in [5.74, 6) is -2.48. The molecule has 2 heterocycles. The number of fused-ring (bicyclic) bond motifs is 2. The molecule has 5 rings (SSSR count). The molecule has 39 heavy (non-hydrogen) atoms. The van der Waals surface area contributed by atoms with Crippen molar-refractivity contribution < 1.29 is 36.7 Å². The van der Waals surface area contributed by atoms with Crippen LogP contribution in [0.3, 0.4) is 0 Å². The highest BCUT2D eigenvalue weighted by Crippen LogP contribution is 2.46. The van der Waals surface area contributed by atoms with E-state index in [4.69, 9.17) is 4.74 Å². The highest BCUT2D eigenvalue weighted by Gasteiger charge is 2.58. The number of aromatic nitrogens is 1. The maximum atomic E-state index is 13.6. The Kier molecular flexibility index (Phi) is 6.61. The van der Waals surface area contributed by atoms with Gasteiger partial charge in [-0.15, -0.1) is 0 Å². The van der Waals surface area contributed by atoms with Gasteiger partial charge in [-0.25, -0.2) is 14.1 Å². The fourth-order valence-corrected chi connectivity index (χ4v) is 5.01. The van der Waals surface area contributed by atoms with Crippen LogP contribution in [0.25, 0.3) is 11.1 Å². The van der Waals surface area contributed by atoms with Crippen molar-refractivity contribution in [2.75, 3.05) is 6.54 Å². The molecule has 1 aromatic heterocycles. The predicted molar refractivity (Wildman–Crippen MR) is 130 cm³/mol. The van der Waals surface area contributed by atoms with Crippen molar-refractivity contribution in [3.8, 4) is 11.1 Å². The first-order valence-corrected chi connectivity index (χ1v) is 12.2. The van der Waals surface area contributed by atoms with E-state index in [1.807, 2.05) is 18.2 Å². The summed E-state index contributed by atoms with van der Waals surface area (Å²) in [7, 11) is 0. The van der Waals surface area contributed by atoms with Crippen LogP contribution in [0.15, 0.2) is 67.0 Å². The molecular weight excluding hydrogens is 518 g/mol. The van der Waals surface area contributed by atoms with Crippen LogP contribution in [-0.2, 0) is 32.9 Å². The molecule has 3 aromatic rings. The minimum absolute atomic E-state index is 0.148. The second-order valence-electron chi connectivity index (χ2n) is 9.56. The van der Waals surface area contributed by atoms with Gasteiger partial charge in [0.1, 0.15) is 18.4 Å². The van der Waals surface area contributed by atoms with E-state index in [9.17, 15) is 31.9 Å². The average molecular weight is 542 g/mol. The third-order valence-electron chi connectivity index (χ3n) is 7.19. The van der Waals surface area contributed by atoms with Gasteiger partial charge in [-0.3, -0.25) is 14.6 Å². The van der Waals surface area contributed by atoms with Crippen molar-refractivity contribution >= 4 is 17.9 Å². The minimum atomic E-state index is -4.77. The molecule has 0 radical (unpaired) electrons. The van der Waals surface area contributed by atoms with Gasteiger partial charge in [0.25, 0.3) is 5.91 Å². The molecule has 1 aliphatic heterocycles. The number of amides is 3.